The average Bonchev–Trinajstić information content (AvgIpc) is 2.35. The molecule has 0 unspecified atom stereocenters. The first kappa shape index (κ1) is 14.4. The zero-order chi connectivity index (χ0) is 12.7. The van der Waals surface area contributed by atoms with Crippen molar-refractivity contribution >= 4 is 23.6 Å². The number of amides is 1. The van der Waals surface area contributed by atoms with E-state index in [2.05, 4.69) is 11.6 Å². The normalized spacial score (nSPS) is 18.6. The predicted molar refractivity (Wildman–Crippen MR) is 69.2 cm³/mol. The number of rotatable bonds is 6. The lowest BCUT2D eigenvalue weighted by molar-refractivity contribution is -0.138. The van der Waals surface area contributed by atoms with E-state index in [0.717, 1.165) is 12.8 Å². The zero-order valence-corrected chi connectivity index (χ0v) is 11.1. The molecule has 0 atom stereocenters. The number of thioether (sulfide) groups is 1. The van der Waals surface area contributed by atoms with Gasteiger partial charge in [-0.25, -0.2) is 0 Å². The summed E-state index contributed by atoms with van der Waals surface area (Å²) >= 11 is 1.83. The molecule has 2 N–H and O–H groups in total. The molecule has 1 aliphatic rings. The van der Waals surface area contributed by atoms with Gasteiger partial charge < -0.3 is 10.4 Å². The minimum Gasteiger partial charge on any atom is -0.481 e. The Bertz CT molecular complexity index is 275. The fraction of sp³-hybridized carbons (Fsp3) is 0.833. The lowest BCUT2D eigenvalue weighted by Gasteiger charge is -2.35. The predicted octanol–water partition coefficient (Wildman–Crippen LogP) is 2.03. The van der Waals surface area contributed by atoms with Crippen molar-refractivity contribution < 1.29 is 14.7 Å². The molecule has 0 saturated heterocycles. The molecule has 0 aromatic heterocycles. The highest BCUT2D eigenvalue weighted by molar-refractivity contribution is 8.00. The summed E-state index contributed by atoms with van der Waals surface area (Å²) in [6, 6.07) is 0. The quantitative estimate of drug-likeness (QED) is 0.766. The van der Waals surface area contributed by atoms with Gasteiger partial charge in [-0.05, 0) is 19.1 Å². The summed E-state index contributed by atoms with van der Waals surface area (Å²) in [6.07, 6.45) is 8.13. The number of carboxylic acid groups (broad SMARTS) is 1. The number of carbonyl (C=O) groups excluding carboxylic acids is 1. The van der Waals surface area contributed by atoms with Gasteiger partial charge in [-0.2, -0.15) is 11.8 Å². The third kappa shape index (κ3) is 4.98. The van der Waals surface area contributed by atoms with E-state index in [9.17, 15) is 9.59 Å². The maximum atomic E-state index is 11.5. The smallest absolute Gasteiger partial charge is 0.303 e. The van der Waals surface area contributed by atoms with Crippen LogP contribution in [0.3, 0.4) is 0 Å². The van der Waals surface area contributed by atoms with E-state index in [4.69, 9.17) is 5.11 Å². The first-order chi connectivity index (χ1) is 8.08. The molecule has 0 aromatic carbocycles. The van der Waals surface area contributed by atoms with Crippen molar-refractivity contribution in [1.29, 1.82) is 0 Å². The molecule has 4 nitrogen and oxygen atoms in total. The largest absolute Gasteiger partial charge is 0.481 e. The van der Waals surface area contributed by atoms with Gasteiger partial charge in [-0.15, -0.1) is 0 Å². The van der Waals surface area contributed by atoms with Crippen molar-refractivity contribution in [2.45, 2.75) is 49.7 Å². The van der Waals surface area contributed by atoms with Crippen molar-refractivity contribution in [2.75, 3.05) is 12.8 Å². The molecule has 1 amide bonds. The lowest BCUT2D eigenvalue weighted by Crippen LogP contribution is -2.41. The summed E-state index contributed by atoms with van der Waals surface area (Å²) < 4.78 is 0.178. The van der Waals surface area contributed by atoms with E-state index in [0.29, 0.717) is 6.54 Å². The van der Waals surface area contributed by atoms with E-state index in [1.807, 2.05) is 11.8 Å². The van der Waals surface area contributed by atoms with Crippen LogP contribution in [0.1, 0.15) is 44.9 Å². The molecule has 98 valence electrons. The van der Waals surface area contributed by atoms with Gasteiger partial charge in [0.2, 0.25) is 5.91 Å². The molecule has 1 rings (SSSR count). The zero-order valence-electron chi connectivity index (χ0n) is 10.3. The molecule has 0 radical (unpaired) electrons. The lowest BCUT2D eigenvalue weighted by atomic mass is 9.88. The Balaban J connectivity index is 2.31. The van der Waals surface area contributed by atoms with Crippen molar-refractivity contribution in [3.05, 3.63) is 0 Å². The Morgan fingerprint density at radius 2 is 1.88 bits per heavy atom. The second-order valence-electron chi connectivity index (χ2n) is 4.62. The third-order valence-electron chi connectivity index (χ3n) is 3.37. The van der Waals surface area contributed by atoms with Crippen LogP contribution >= 0.6 is 11.8 Å². The Kier molecular flexibility index (Phi) is 5.82. The Hall–Kier alpha value is -0.710. The van der Waals surface area contributed by atoms with Gasteiger partial charge in [0.05, 0.1) is 6.42 Å². The molecule has 0 aromatic rings. The second-order valence-corrected chi connectivity index (χ2v) is 5.89. The van der Waals surface area contributed by atoms with Crippen molar-refractivity contribution in [3.8, 4) is 0 Å². The number of hydrogen-bond acceptors (Lipinski definition) is 3. The van der Waals surface area contributed by atoms with Gasteiger partial charge in [-0.3, -0.25) is 9.59 Å². The average molecular weight is 259 g/mol. The Morgan fingerprint density at radius 1 is 1.24 bits per heavy atom. The van der Waals surface area contributed by atoms with Gasteiger partial charge >= 0.3 is 5.97 Å². The minimum absolute atomic E-state index is 0.0831. The highest BCUT2D eigenvalue weighted by Crippen LogP contribution is 2.37. The van der Waals surface area contributed by atoms with Gasteiger partial charge in [0.25, 0.3) is 0 Å². The van der Waals surface area contributed by atoms with Crippen LogP contribution in [0.2, 0.25) is 0 Å². The Labute approximate surface area is 107 Å². The number of hydrogen-bond donors (Lipinski definition) is 2. The van der Waals surface area contributed by atoms with Crippen LogP contribution in [0.5, 0.6) is 0 Å². The first-order valence-corrected chi connectivity index (χ1v) is 7.34. The van der Waals surface area contributed by atoms with E-state index >= 15 is 0 Å². The summed E-state index contributed by atoms with van der Waals surface area (Å²) in [5, 5.41) is 11.4. The number of aliphatic carboxylic acids is 1. The van der Waals surface area contributed by atoms with Crippen LogP contribution in [0.4, 0.5) is 0 Å². The molecule has 0 bridgehead atoms. The van der Waals surface area contributed by atoms with Crippen LogP contribution in [0.25, 0.3) is 0 Å². The molecule has 17 heavy (non-hydrogen) atoms. The molecule has 1 saturated carbocycles. The highest BCUT2D eigenvalue weighted by atomic mass is 32.2. The number of carbonyl (C=O) groups is 2. The van der Waals surface area contributed by atoms with Crippen molar-refractivity contribution in [3.63, 3.8) is 0 Å². The molecule has 0 aliphatic heterocycles. The molecule has 0 heterocycles. The summed E-state index contributed by atoms with van der Waals surface area (Å²) in [4.78, 5) is 21.8. The Morgan fingerprint density at radius 3 is 2.41 bits per heavy atom. The first-order valence-electron chi connectivity index (χ1n) is 6.12. The van der Waals surface area contributed by atoms with E-state index in [1.54, 1.807) is 0 Å². The standard InChI is InChI=1S/C12H21NO3S/c1-17-12(7-3-2-4-8-12)9-13-10(14)5-6-11(15)16/h2-9H2,1H3,(H,13,14)(H,15,16). The van der Waals surface area contributed by atoms with Gasteiger partial charge in [0.1, 0.15) is 0 Å². The van der Waals surface area contributed by atoms with E-state index in [1.165, 1.54) is 19.3 Å². The highest BCUT2D eigenvalue weighted by Gasteiger charge is 2.31. The van der Waals surface area contributed by atoms with Gasteiger partial charge in [0.15, 0.2) is 0 Å². The topological polar surface area (TPSA) is 66.4 Å². The minimum atomic E-state index is -0.919. The summed E-state index contributed by atoms with van der Waals surface area (Å²) in [5.74, 6) is -1.07. The maximum Gasteiger partial charge on any atom is 0.303 e. The molecule has 0 spiro atoms. The van der Waals surface area contributed by atoms with E-state index < -0.39 is 5.97 Å². The maximum absolute atomic E-state index is 11.5. The SMILES string of the molecule is CSC1(CNC(=O)CCC(=O)O)CCCCC1. The van der Waals surface area contributed by atoms with Crippen LogP contribution in [-0.4, -0.2) is 34.5 Å². The fourth-order valence-electron chi connectivity index (χ4n) is 2.22. The summed E-state index contributed by atoms with van der Waals surface area (Å²) in [5.41, 5.74) is 0. The van der Waals surface area contributed by atoms with Gasteiger partial charge in [-0.1, -0.05) is 19.3 Å². The van der Waals surface area contributed by atoms with Crippen LogP contribution in [-0.2, 0) is 9.59 Å². The van der Waals surface area contributed by atoms with Crippen LogP contribution in [0.15, 0.2) is 0 Å². The van der Waals surface area contributed by atoms with Crippen LogP contribution in [0, 0.1) is 0 Å². The molecular weight excluding hydrogens is 238 g/mol. The molecule has 1 aliphatic carbocycles. The summed E-state index contributed by atoms with van der Waals surface area (Å²) in [6.45, 7) is 0.673. The second kappa shape index (κ2) is 6.89. The summed E-state index contributed by atoms with van der Waals surface area (Å²) in [7, 11) is 0. The fourth-order valence-corrected chi connectivity index (χ4v) is 3.13. The van der Waals surface area contributed by atoms with E-state index in [-0.39, 0.29) is 23.5 Å². The van der Waals surface area contributed by atoms with Crippen molar-refractivity contribution in [2.24, 2.45) is 0 Å². The van der Waals surface area contributed by atoms with Gasteiger partial charge in [0, 0.05) is 17.7 Å². The third-order valence-corrected chi connectivity index (χ3v) is 4.79. The molecule has 1 fully saturated rings. The van der Waals surface area contributed by atoms with Crippen molar-refractivity contribution in [1.82, 2.24) is 5.32 Å². The number of nitrogens with one attached hydrogen (secondary N) is 1. The monoisotopic (exact) mass is 259 g/mol. The molecule has 5 heteroatoms. The molecular formula is C12H21NO3S. The number of carboxylic acids is 1. The van der Waals surface area contributed by atoms with Crippen LogP contribution < -0.4 is 5.32 Å².